The Morgan fingerprint density at radius 1 is 1.25 bits per heavy atom. The summed E-state index contributed by atoms with van der Waals surface area (Å²) < 4.78 is 15.8. The molecule has 0 fully saturated rings. The van der Waals surface area contributed by atoms with Gasteiger partial charge in [0, 0.05) is 5.56 Å². The summed E-state index contributed by atoms with van der Waals surface area (Å²) in [6.45, 7) is 6.18. The maximum atomic E-state index is 12.0. The molecule has 5 nitrogen and oxygen atoms in total. The first-order chi connectivity index (χ1) is 9.69. The molecule has 1 aromatic heterocycles. The highest BCUT2D eigenvalue weighted by Gasteiger charge is 2.24. The summed E-state index contributed by atoms with van der Waals surface area (Å²) in [7, 11) is 0. The molecule has 0 atom stereocenters. The first-order valence-corrected chi connectivity index (χ1v) is 6.54. The van der Waals surface area contributed by atoms with Crippen molar-refractivity contribution in [2.75, 3.05) is 13.2 Å². The van der Waals surface area contributed by atoms with Crippen LogP contribution in [0.25, 0.3) is 11.3 Å². The summed E-state index contributed by atoms with van der Waals surface area (Å²) in [4.78, 5) is 12.0. The minimum absolute atomic E-state index is 0.302. The second-order valence-electron chi connectivity index (χ2n) is 4.11. The molecule has 1 aromatic carbocycles. The Bertz CT molecular complexity index is 604. The van der Waals surface area contributed by atoms with Gasteiger partial charge in [0.05, 0.1) is 13.2 Å². The fourth-order valence-electron chi connectivity index (χ4n) is 1.94. The third-order valence-electron chi connectivity index (χ3n) is 2.78. The summed E-state index contributed by atoms with van der Waals surface area (Å²) in [6, 6.07) is 7.39. The van der Waals surface area contributed by atoms with Gasteiger partial charge >= 0.3 is 5.97 Å². The van der Waals surface area contributed by atoms with Crippen LogP contribution >= 0.6 is 0 Å². The number of nitrogens with zero attached hydrogens (tertiary/aromatic N) is 1. The monoisotopic (exact) mass is 275 g/mol. The van der Waals surface area contributed by atoms with Gasteiger partial charge in [0.25, 0.3) is 0 Å². The molecular weight excluding hydrogens is 258 g/mol. The van der Waals surface area contributed by atoms with Gasteiger partial charge in [0.15, 0.2) is 0 Å². The molecule has 0 amide bonds. The van der Waals surface area contributed by atoms with Gasteiger partial charge in [-0.3, -0.25) is 0 Å². The molecule has 1 heterocycles. The molecule has 0 unspecified atom stereocenters. The number of hydrogen-bond donors (Lipinski definition) is 0. The zero-order valence-electron chi connectivity index (χ0n) is 11.8. The molecule has 0 spiro atoms. The Balaban J connectivity index is 2.51. The molecule has 106 valence electrons. The molecule has 0 saturated carbocycles. The summed E-state index contributed by atoms with van der Waals surface area (Å²) in [5.74, 6) is 0.658. The molecule has 0 radical (unpaired) electrons. The maximum Gasteiger partial charge on any atom is 0.344 e. The van der Waals surface area contributed by atoms with Crippen LogP contribution in [0.3, 0.4) is 0 Å². The summed E-state index contributed by atoms with van der Waals surface area (Å²) >= 11 is 0. The normalized spacial score (nSPS) is 10.3. The zero-order chi connectivity index (χ0) is 14.5. The number of carbonyl (C=O) groups excluding carboxylic acids is 1. The number of aromatic nitrogens is 1. The highest BCUT2D eigenvalue weighted by Crippen LogP contribution is 2.33. The van der Waals surface area contributed by atoms with Crippen LogP contribution in [-0.4, -0.2) is 24.3 Å². The van der Waals surface area contributed by atoms with Gasteiger partial charge < -0.3 is 14.0 Å². The molecule has 2 aromatic rings. The molecular formula is C15H17NO4. The quantitative estimate of drug-likeness (QED) is 0.784. The van der Waals surface area contributed by atoms with Crippen molar-refractivity contribution in [2.45, 2.75) is 20.8 Å². The van der Waals surface area contributed by atoms with Gasteiger partial charge in [-0.25, -0.2) is 4.79 Å². The molecule has 20 heavy (non-hydrogen) atoms. The molecule has 0 saturated heterocycles. The molecule has 5 heteroatoms. The van der Waals surface area contributed by atoms with E-state index in [-0.39, 0.29) is 0 Å². The van der Waals surface area contributed by atoms with E-state index in [1.807, 2.05) is 31.2 Å². The first kappa shape index (κ1) is 14.1. The third-order valence-corrected chi connectivity index (χ3v) is 2.78. The molecule has 0 aliphatic carbocycles. The van der Waals surface area contributed by atoms with Crippen molar-refractivity contribution in [1.82, 2.24) is 5.16 Å². The van der Waals surface area contributed by atoms with E-state index in [2.05, 4.69) is 5.16 Å². The van der Waals surface area contributed by atoms with Crippen LogP contribution in [0.15, 0.2) is 28.8 Å². The van der Waals surface area contributed by atoms with E-state index >= 15 is 0 Å². The topological polar surface area (TPSA) is 61.6 Å². The summed E-state index contributed by atoms with van der Waals surface area (Å²) in [6.07, 6.45) is 0. The predicted molar refractivity (Wildman–Crippen MR) is 73.8 cm³/mol. The van der Waals surface area contributed by atoms with Crippen LogP contribution in [0.2, 0.25) is 0 Å². The minimum atomic E-state index is -0.437. The van der Waals surface area contributed by atoms with Crippen LogP contribution in [0, 0.1) is 6.92 Å². The van der Waals surface area contributed by atoms with Crippen LogP contribution < -0.4 is 4.74 Å². The number of hydrogen-bond acceptors (Lipinski definition) is 5. The van der Waals surface area contributed by atoms with Crippen molar-refractivity contribution < 1.29 is 18.8 Å². The smallest absolute Gasteiger partial charge is 0.344 e. The van der Waals surface area contributed by atoms with Crippen molar-refractivity contribution in [2.24, 2.45) is 0 Å². The number of aryl methyl sites for hydroxylation is 1. The van der Waals surface area contributed by atoms with Crippen molar-refractivity contribution in [1.29, 1.82) is 0 Å². The van der Waals surface area contributed by atoms with Gasteiger partial charge in [0.1, 0.15) is 22.8 Å². The van der Waals surface area contributed by atoms with E-state index in [0.717, 1.165) is 0 Å². The molecule has 0 aliphatic heterocycles. The van der Waals surface area contributed by atoms with E-state index in [9.17, 15) is 4.79 Å². The highest BCUT2D eigenvalue weighted by atomic mass is 16.5. The number of esters is 1. The largest absolute Gasteiger partial charge is 0.493 e. The van der Waals surface area contributed by atoms with Crippen LogP contribution in [0.4, 0.5) is 0 Å². The summed E-state index contributed by atoms with van der Waals surface area (Å²) in [5, 5.41) is 3.98. The number of benzene rings is 1. The minimum Gasteiger partial charge on any atom is -0.493 e. The molecule has 2 rings (SSSR count). The van der Waals surface area contributed by atoms with Crippen molar-refractivity contribution in [3.8, 4) is 17.0 Å². The van der Waals surface area contributed by atoms with E-state index < -0.39 is 5.97 Å². The van der Waals surface area contributed by atoms with Crippen molar-refractivity contribution >= 4 is 5.97 Å². The first-order valence-electron chi connectivity index (χ1n) is 6.54. The van der Waals surface area contributed by atoms with Crippen molar-refractivity contribution in [3.63, 3.8) is 0 Å². The predicted octanol–water partition coefficient (Wildman–Crippen LogP) is 3.23. The van der Waals surface area contributed by atoms with E-state index in [1.54, 1.807) is 13.8 Å². The number of ether oxygens (including phenoxy) is 2. The fourth-order valence-corrected chi connectivity index (χ4v) is 1.94. The lowest BCUT2D eigenvalue weighted by molar-refractivity contribution is 0.0525. The maximum absolute atomic E-state index is 12.0. The molecule has 0 N–H and O–H groups in total. The van der Waals surface area contributed by atoms with Crippen LogP contribution in [0.1, 0.15) is 30.0 Å². The van der Waals surface area contributed by atoms with E-state index in [4.69, 9.17) is 14.0 Å². The summed E-state index contributed by atoms with van der Waals surface area (Å²) in [5.41, 5.74) is 1.51. The SMILES string of the molecule is CCOC(=O)c1c(-c2ccccc2OCC)noc1C. The van der Waals surface area contributed by atoms with E-state index in [0.29, 0.717) is 41.5 Å². The number of para-hydroxylation sites is 1. The molecule has 0 aliphatic rings. The van der Waals surface area contributed by atoms with Gasteiger partial charge in [-0.15, -0.1) is 0 Å². The van der Waals surface area contributed by atoms with Crippen molar-refractivity contribution in [3.05, 3.63) is 35.6 Å². The number of rotatable bonds is 5. The third kappa shape index (κ3) is 2.66. The lowest BCUT2D eigenvalue weighted by Crippen LogP contribution is -2.07. The second-order valence-corrected chi connectivity index (χ2v) is 4.11. The lowest BCUT2D eigenvalue weighted by atomic mass is 10.1. The second kappa shape index (κ2) is 6.23. The van der Waals surface area contributed by atoms with Gasteiger partial charge in [-0.2, -0.15) is 0 Å². The molecule has 0 bridgehead atoms. The standard InChI is InChI=1S/C15H17NO4/c1-4-18-12-9-7-6-8-11(12)14-13(10(3)20-16-14)15(17)19-5-2/h6-9H,4-5H2,1-3H3. The van der Waals surface area contributed by atoms with Gasteiger partial charge in [-0.1, -0.05) is 17.3 Å². The lowest BCUT2D eigenvalue weighted by Gasteiger charge is -2.08. The Labute approximate surface area is 117 Å². The Kier molecular flexibility index (Phi) is 4.40. The van der Waals surface area contributed by atoms with Crippen LogP contribution in [-0.2, 0) is 4.74 Å². The van der Waals surface area contributed by atoms with Gasteiger partial charge in [0.2, 0.25) is 0 Å². The van der Waals surface area contributed by atoms with Crippen LogP contribution in [0.5, 0.6) is 5.75 Å². The van der Waals surface area contributed by atoms with E-state index in [1.165, 1.54) is 0 Å². The Hall–Kier alpha value is -2.30. The Morgan fingerprint density at radius 3 is 2.70 bits per heavy atom. The fraction of sp³-hybridized carbons (Fsp3) is 0.333. The Morgan fingerprint density at radius 2 is 2.00 bits per heavy atom. The highest BCUT2D eigenvalue weighted by molar-refractivity contribution is 5.97. The number of carbonyl (C=O) groups is 1. The van der Waals surface area contributed by atoms with Gasteiger partial charge in [-0.05, 0) is 32.9 Å². The zero-order valence-corrected chi connectivity index (χ0v) is 11.8. The average Bonchev–Trinajstić information content (AvgIpc) is 2.82. The average molecular weight is 275 g/mol.